The minimum Gasteiger partial charge on any atom is -0.378 e. The molecule has 1 aliphatic rings. The quantitative estimate of drug-likeness (QED) is 0.533. The molecule has 0 spiro atoms. The smallest absolute Gasteiger partial charge is 0.282 e. The number of benzene rings is 3. The van der Waals surface area contributed by atoms with Crippen molar-refractivity contribution < 1.29 is 9.59 Å². The van der Waals surface area contributed by atoms with Crippen LogP contribution in [0.1, 0.15) is 16.7 Å². The Morgan fingerprint density at radius 2 is 1.56 bits per heavy atom. The third-order valence-corrected chi connectivity index (χ3v) is 5.83. The monoisotopic (exact) mass is 445 g/mol. The molecule has 5 nitrogen and oxygen atoms in total. The zero-order valence-corrected chi connectivity index (χ0v) is 19.2. The lowest BCUT2D eigenvalue weighted by Gasteiger charge is -2.16. The van der Waals surface area contributed by atoms with Crippen molar-refractivity contribution in [3.05, 3.63) is 94.1 Å². The van der Waals surface area contributed by atoms with Crippen LogP contribution in [-0.4, -0.2) is 25.9 Å². The van der Waals surface area contributed by atoms with Crippen LogP contribution in [-0.2, 0) is 9.59 Å². The van der Waals surface area contributed by atoms with Gasteiger partial charge in [-0.25, -0.2) is 4.90 Å². The number of anilines is 3. The molecule has 1 aliphatic heterocycles. The normalized spacial score (nSPS) is 13.7. The van der Waals surface area contributed by atoms with E-state index in [0.29, 0.717) is 21.8 Å². The molecule has 0 aromatic heterocycles. The average Bonchev–Trinajstić information content (AvgIpc) is 3.00. The van der Waals surface area contributed by atoms with Crippen LogP contribution in [0.4, 0.5) is 17.1 Å². The van der Waals surface area contributed by atoms with Crippen molar-refractivity contribution in [3.63, 3.8) is 0 Å². The highest BCUT2D eigenvalue weighted by Crippen LogP contribution is 2.35. The van der Waals surface area contributed by atoms with Gasteiger partial charge in [0.2, 0.25) is 0 Å². The van der Waals surface area contributed by atoms with Crippen molar-refractivity contribution in [1.29, 1.82) is 0 Å². The molecule has 162 valence electrons. The van der Waals surface area contributed by atoms with E-state index in [0.717, 1.165) is 22.5 Å². The van der Waals surface area contributed by atoms with Crippen LogP contribution in [0.3, 0.4) is 0 Å². The van der Waals surface area contributed by atoms with E-state index in [4.69, 9.17) is 11.6 Å². The third kappa shape index (κ3) is 3.99. The van der Waals surface area contributed by atoms with Gasteiger partial charge in [-0.1, -0.05) is 35.9 Å². The first-order chi connectivity index (χ1) is 15.3. The number of halogens is 1. The minimum absolute atomic E-state index is 0.246. The van der Waals surface area contributed by atoms with Crippen molar-refractivity contribution in [2.75, 3.05) is 29.2 Å². The number of nitrogens with one attached hydrogen (secondary N) is 1. The summed E-state index contributed by atoms with van der Waals surface area (Å²) in [5, 5.41) is 3.66. The number of imide groups is 1. The lowest BCUT2D eigenvalue weighted by Crippen LogP contribution is -2.32. The molecular weight excluding hydrogens is 422 g/mol. The first-order valence-electron chi connectivity index (χ1n) is 10.3. The Morgan fingerprint density at radius 3 is 2.19 bits per heavy atom. The van der Waals surface area contributed by atoms with Gasteiger partial charge in [0.1, 0.15) is 5.70 Å². The van der Waals surface area contributed by atoms with Gasteiger partial charge in [-0.05, 0) is 73.0 Å². The predicted molar refractivity (Wildman–Crippen MR) is 131 cm³/mol. The van der Waals surface area contributed by atoms with Gasteiger partial charge in [-0.2, -0.15) is 0 Å². The van der Waals surface area contributed by atoms with Crippen LogP contribution in [0, 0.1) is 13.8 Å². The number of amides is 2. The molecule has 1 N–H and O–H groups in total. The van der Waals surface area contributed by atoms with Gasteiger partial charge in [0.15, 0.2) is 0 Å². The summed E-state index contributed by atoms with van der Waals surface area (Å²) in [6.07, 6.45) is 0. The highest BCUT2D eigenvalue weighted by atomic mass is 35.5. The van der Waals surface area contributed by atoms with Crippen LogP contribution in [0.2, 0.25) is 5.02 Å². The highest BCUT2D eigenvalue weighted by molar-refractivity contribution is 6.46. The molecule has 6 heteroatoms. The molecule has 0 saturated carbocycles. The fraction of sp³-hybridized carbons (Fsp3) is 0.154. The van der Waals surface area contributed by atoms with E-state index in [1.165, 1.54) is 4.90 Å². The molecule has 3 aromatic carbocycles. The number of hydrogen-bond donors (Lipinski definition) is 1. The van der Waals surface area contributed by atoms with Gasteiger partial charge >= 0.3 is 0 Å². The van der Waals surface area contributed by atoms with Crippen molar-refractivity contribution >= 4 is 46.1 Å². The summed E-state index contributed by atoms with van der Waals surface area (Å²) in [5.41, 5.74) is 5.65. The van der Waals surface area contributed by atoms with Crippen molar-refractivity contribution in [2.45, 2.75) is 13.8 Å². The number of rotatable bonds is 5. The lowest BCUT2D eigenvalue weighted by atomic mass is 9.99. The van der Waals surface area contributed by atoms with Gasteiger partial charge in [0.25, 0.3) is 11.8 Å². The number of nitrogens with zero attached hydrogens (tertiary/aromatic N) is 2. The highest BCUT2D eigenvalue weighted by Gasteiger charge is 2.40. The molecule has 0 radical (unpaired) electrons. The largest absolute Gasteiger partial charge is 0.378 e. The number of carbonyl (C=O) groups is 2. The van der Waals surface area contributed by atoms with Crippen LogP contribution in [0.5, 0.6) is 0 Å². The summed E-state index contributed by atoms with van der Waals surface area (Å²) in [5.74, 6) is -0.796. The Hall–Kier alpha value is -3.57. The summed E-state index contributed by atoms with van der Waals surface area (Å²) in [6.45, 7) is 4.00. The molecule has 1 heterocycles. The number of aryl methyl sites for hydroxylation is 2. The molecule has 2 amide bonds. The van der Waals surface area contributed by atoms with Gasteiger partial charge < -0.3 is 10.2 Å². The third-order valence-electron chi connectivity index (χ3n) is 5.60. The Balaban J connectivity index is 1.81. The Labute approximate surface area is 192 Å². The summed E-state index contributed by atoms with van der Waals surface area (Å²) < 4.78 is 0. The topological polar surface area (TPSA) is 52.7 Å². The van der Waals surface area contributed by atoms with E-state index in [1.54, 1.807) is 24.3 Å². The Bertz CT molecular complexity index is 1250. The summed E-state index contributed by atoms with van der Waals surface area (Å²) in [4.78, 5) is 30.2. The van der Waals surface area contributed by atoms with E-state index < -0.39 is 5.91 Å². The van der Waals surface area contributed by atoms with E-state index in [9.17, 15) is 9.59 Å². The van der Waals surface area contributed by atoms with Crippen LogP contribution < -0.4 is 15.1 Å². The molecule has 4 rings (SSSR count). The molecule has 0 saturated heterocycles. The number of hydrogen-bond acceptors (Lipinski definition) is 4. The second-order valence-electron chi connectivity index (χ2n) is 8.04. The average molecular weight is 446 g/mol. The predicted octanol–water partition coefficient (Wildman–Crippen LogP) is 5.42. The van der Waals surface area contributed by atoms with Crippen molar-refractivity contribution in [3.8, 4) is 0 Å². The molecule has 0 atom stereocenters. The summed E-state index contributed by atoms with van der Waals surface area (Å²) in [6, 6.07) is 20.2. The zero-order valence-electron chi connectivity index (χ0n) is 18.4. The van der Waals surface area contributed by atoms with E-state index in [1.807, 2.05) is 75.3 Å². The first kappa shape index (κ1) is 21.7. The van der Waals surface area contributed by atoms with Gasteiger partial charge in [0.05, 0.1) is 11.3 Å². The standard InChI is InChI=1S/C26H24ClN3O2/c1-16-8-9-18(14-17(16)2)23-24(28-20-10-12-21(13-11-20)29(3)4)26(32)30(25(23)31)22-7-5-6-19(27)15-22/h5-15,28H,1-4H3. The lowest BCUT2D eigenvalue weighted by molar-refractivity contribution is -0.120. The molecular formula is C26H24ClN3O2. The Kier molecular flexibility index (Phi) is 5.76. The molecule has 3 aromatic rings. The fourth-order valence-electron chi connectivity index (χ4n) is 3.65. The van der Waals surface area contributed by atoms with E-state index in [2.05, 4.69) is 5.32 Å². The second kappa shape index (κ2) is 8.52. The van der Waals surface area contributed by atoms with Crippen molar-refractivity contribution in [1.82, 2.24) is 0 Å². The van der Waals surface area contributed by atoms with Gasteiger partial charge in [0, 0.05) is 30.5 Å². The minimum atomic E-state index is -0.415. The van der Waals surface area contributed by atoms with Gasteiger partial charge in [-0.3, -0.25) is 9.59 Å². The molecule has 0 fully saturated rings. The van der Waals surface area contributed by atoms with E-state index in [-0.39, 0.29) is 11.6 Å². The molecule has 0 unspecified atom stereocenters. The van der Waals surface area contributed by atoms with Gasteiger partial charge in [-0.15, -0.1) is 0 Å². The molecule has 32 heavy (non-hydrogen) atoms. The van der Waals surface area contributed by atoms with Crippen molar-refractivity contribution in [2.24, 2.45) is 0 Å². The fourth-order valence-corrected chi connectivity index (χ4v) is 3.83. The SMILES string of the molecule is Cc1ccc(C2=C(Nc3ccc(N(C)C)cc3)C(=O)N(c3cccc(Cl)c3)C2=O)cc1C. The number of carbonyl (C=O) groups excluding carboxylic acids is 2. The molecule has 0 aliphatic carbocycles. The maximum absolute atomic E-state index is 13.5. The maximum atomic E-state index is 13.5. The van der Waals surface area contributed by atoms with Crippen LogP contribution in [0.15, 0.2) is 72.4 Å². The van der Waals surface area contributed by atoms with E-state index >= 15 is 0 Å². The first-order valence-corrected chi connectivity index (χ1v) is 10.6. The van der Waals surface area contributed by atoms with Crippen LogP contribution >= 0.6 is 11.6 Å². The Morgan fingerprint density at radius 1 is 0.844 bits per heavy atom. The van der Waals surface area contributed by atoms with Crippen LogP contribution in [0.25, 0.3) is 5.57 Å². The summed E-state index contributed by atoms with van der Waals surface area (Å²) in [7, 11) is 3.93. The second-order valence-corrected chi connectivity index (χ2v) is 8.48. The summed E-state index contributed by atoms with van der Waals surface area (Å²) >= 11 is 6.13. The zero-order chi connectivity index (χ0) is 23.0. The maximum Gasteiger partial charge on any atom is 0.282 e. The molecule has 0 bridgehead atoms.